The average Bonchev–Trinajstić information content (AvgIpc) is 2.83. The Bertz CT molecular complexity index is 416. The largest absolute Gasteiger partial charge is 0.341 e. The first-order valence-corrected chi connectivity index (χ1v) is 4.76. The number of benzene rings is 1. The highest BCUT2D eigenvalue weighted by Gasteiger charge is 2.16. The van der Waals surface area contributed by atoms with Crippen molar-refractivity contribution >= 4 is 0 Å². The molecule has 1 heterocycles. The van der Waals surface area contributed by atoms with Crippen LogP contribution in [0.4, 0.5) is 0 Å². The van der Waals surface area contributed by atoms with Gasteiger partial charge in [-0.15, -0.1) is 0 Å². The summed E-state index contributed by atoms with van der Waals surface area (Å²) in [6, 6.07) is 6.50. The van der Waals surface area contributed by atoms with Crippen molar-refractivity contribution < 1.29 is 0 Å². The van der Waals surface area contributed by atoms with Crippen LogP contribution in [0.3, 0.4) is 0 Å². The van der Waals surface area contributed by atoms with Crippen LogP contribution in [0.1, 0.15) is 16.7 Å². The van der Waals surface area contributed by atoms with E-state index in [0.29, 0.717) is 0 Å². The van der Waals surface area contributed by atoms with E-state index >= 15 is 0 Å². The SMILES string of the molecule is Cc1cccc2c1C2.Cn1ccnc1. The molecule has 2 aromatic rings. The van der Waals surface area contributed by atoms with Gasteiger partial charge in [0.05, 0.1) is 6.33 Å². The van der Waals surface area contributed by atoms with Gasteiger partial charge in [-0.1, -0.05) is 18.2 Å². The van der Waals surface area contributed by atoms with Crippen LogP contribution in [-0.4, -0.2) is 9.55 Å². The zero-order valence-electron chi connectivity index (χ0n) is 8.57. The van der Waals surface area contributed by atoms with Crippen LogP contribution in [0.25, 0.3) is 0 Å². The number of aryl methyl sites for hydroxylation is 2. The van der Waals surface area contributed by atoms with E-state index in [1.807, 2.05) is 17.8 Å². The second-order valence-electron chi connectivity index (χ2n) is 3.62. The maximum atomic E-state index is 3.78. The summed E-state index contributed by atoms with van der Waals surface area (Å²) in [6.45, 7) is 2.17. The lowest BCUT2D eigenvalue weighted by Gasteiger charge is -1.82. The number of aromatic nitrogens is 2. The number of imidazole rings is 1. The Kier molecular flexibility index (Phi) is 2.35. The number of rotatable bonds is 0. The zero-order valence-corrected chi connectivity index (χ0v) is 8.57. The predicted octanol–water partition coefficient (Wildman–Crippen LogP) is 2.32. The minimum absolute atomic E-state index is 1.25. The minimum Gasteiger partial charge on any atom is -0.341 e. The molecule has 14 heavy (non-hydrogen) atoms. The van der Waals surface area contributed by atoms with E-state index in [2.05, 4.69) is 30.1 Å². The lowest BCUT2D eigenvalue weighted by atomic mass is 10.2. The third-order valence-electron chi connectivity index (χ3n) is 2.39. The molecule has 1 aliphatic rings. The quantitative estimate of drug-likeness (QED) is 0.527. The van der Waals surface area contributed by atoms with Gasteiger partial charge in [-0.25, -0.2) is 4.98 Å². The average molecular weight is 186 g/mol. The second-order valence-corrected chi connectivity index (χ2v) is 3.62. The standard InChI is InChI=1S/C8H8.C4H6N2/c1-6-3-2-4-7-5-8(6)7;1-6-3-2-5-4-6/h2-4H,5H2,1H3;2-4H,1H3. The summed E-state index contributed by atoms with van der Waals surface area (Å²) in [5.41, 5.74) is 4.58. The number of nitrogens with zero attached hydrogens (tertiary/aromatic N) is 2. The van der Waals surface area contributed by atoms with E-state index in [-0.39, 0.29) is 0 Å². The highest BCUT2D eigenvalue weighted by atomic mass is 15.0. The Labute approximate surface area is 84.2 Å². The number of fused-ring (bicyclic) bond motifs is 1. The van der Waals surface area contributed by atoms with E-state index in [9.17, 15) is 0 Å². The lowest BCUT2D eigenvalue weighted by molar-refractivity contribution is 0.913. The fourth-order valence-electron chi connectivity index (χ4n) is 1.43. The number of hydrogen-bond donors (Lipinski definition) is 0. The highest BCUT2D eigenvalue weighted by molar-refractivity contribution is 5.49. The van der Waals surface area contributed by atoms with Crippen molar-refractivity contribution in [1.82, 2.24) is 9.55 Å². The molecule has 0 N–H and O–H groups in total. The topological polar surface area (TPSA) is 17.8 Å². The Balaban J connectivity index is 0.000000112. The summed E-state index contributed by atoms with van der Waals surface area (Å²) in [4.78, 5) is 3.78. The Morgan fingerprint density at radius 3 is 2.64 bits per heavy atom. The van der Waals surface area contributed by atoms with Gasteiger partial charge in [0.15, 0.2) is 0 Å². The Morgan fingerprint density at radius 1 is 1.36 bits per heavy atom. The second kappa shape index (κ2) is 3.66. The van der Waals surface area contributed by atoms with Gasteiger partial charge in [-0.3, -0.25) is 0 Å². The van der Waals surface area contributed by atoms with E-state index in [1.54, 1.807) is 23.7 Å². The van der Waals surface area contributed by atoms with Crippen molar-refractivity contribution in [3.63, 3.8) is 0 Å². The predicted molar refractivity (Wildman–Crippen MR) is 57.2 cm³/mol. The first-order chi connectivity index (χ1) is 6.77. The summed E-state index contributed by atoms with van der Waals surface area (Å²) >= 11 is 0. The van der Waals surface area contributed by atoms with Gasteiger partial charge in [0.1, 0.15) is 0 Å². The molecular formula is C12H14N2. The van der Waals surface area contributed by atoms with Crippen molar-refractivity contribution in [1.29, 1.82) is 0 Å². The molecule has 1 aliphatic carbocycles. The first kappa shape index (κ1) is 9.00. The van der Waals surface area contributed by atoms with Crippen LogP contribution in [0.5, 0.6) is 0 Å². The smallest absolute Gasteiger partial charge is 0.0943 e. The molecule has 0 spiro atoms. The van der Waals surface area contributed by atoms with Crippen molar-refractivity contribution in [2.75, 3.05) is 0 Å². The molecule has 0 saturated heterocycles. The maximum Gasteiger partial charge on any atom is 0.0943 e. The van der Waals surface area contributed by atoms with E-state index in [1.165, 1.54) is 12.0 Å². The number of hydrogen-bond acceptors (Lipinski definition) is 1. The maximum absolute atomic E-state index is 3.78. The lowest BCUT2D eigenvalue weighted by Crippen LogP contribution is -1.76. The molecule has 0 atom stereocenters. The molecule has 2 nitrogen and oxygen atoms in total. The fraction of sp³-hybridized carbons (Fsp3) is 0.250. The molecule has 1 aromatic carbocycles. The molecular weight excluding hydrogens is 172 g/mol. The molecule has 0 fully saturated rings. The van der Waals surface area contributed by atoms with Crippen LogP contribution in [-0.2, 0) is 13.5 Å². The van der Waals surface area contributed by atoms with Crippen LogP contribution < -0.4 is 0 Å². The first-order valence-electron chi connectivity index (χ1n) is 4.76. The third kappa shape index (κ3) is 2.02. The molecule has 0 unspecified atom stereocenters. The molecule has 0 bridgehead atoms. The van der Waals surface area contributed by atoms with Crippen LogP contribution in [0.2, 0.25) is 0 Å². The fourth-order valence-corrected chi connectivity index (χ4v) is 1.43. The van der Waals surface area contributed by atoms with Crippen molar-refractivity contribution in [3.8, 4) is 0 Å². The molecule has 0 aliphatic heterocycles. The van der Waals surface area contributed by atoms with Crippen molar-refractivity contribution in [2.24, 2.45) is 7.05 Å². The van der Waals surface area contributed by atoms with E-state index in [0.717, 1.165) is 0 Å². The summed E-state index contributed by atoms with van der Waals surface area (Å²) < 4.78 is 1.89. The van der Waals surface area contributed by atoms with Crippen LogP contribution >= 0.6 is 0 Å². The Morgan fingerprint density at radius 2 is 2.21 bits per heavy atom. The molecule has 3 rings (SSSR count). The van der Waals surface area contributed by atoms with Gasteiger partial charge in [0, 0.05) is 19.4 Å². The Hall–Kier alpha value is -1.57. The summed E-state index contributed by atoms with van der Waals surface area (Å²) in [6.07, 6.45) is 6.64. The molecule has 1 aromatic heterocycles. The summed E-state index contributed by atoms with van der Waals surface area (Å²) in [5, 5.41) is 0. The van der Waals surface area contributed by atoms with E-state index < -0.39 is 0 Å². The van der Waals surface area contributed by atoms with Crippen LogP contribution in [0, 0.1) is 6.92 Å². The zero-order chi connectivity index (χ0) is 9.97. The van der Waals surface area contributed by atoms with Crippen molar-refractivity contribution in [2.45, 2.75) is 13.3 Å². The summed E-state index contributed by atoms with van der Waals surface area (Å²) in [7, 11) is 1.94. The highest BCUT2D eigenvalue weighted by Crippen LogP contribution is 2.29. The van der Waals surface area contributed by atoms with Gasteiger partial charge in [-0.2, -0.15) is 0 Å². The molecule has 0 amide bonds. The van der Waals surface area contributed by atoms with E-state index in [4.69, 9.17) is 0 Å². The monoisotopic (exact) mass is 186 g/mol. The van der Waals surface area contributed by atoms with Gasteiger partial charge in [0.25, 0.3) is 0 Å². The van der Waals surface area contributed by atoms with Crippen LogP contribution in [0.15, 0.2) is 36.9 Å². The minimum atomic E-state index is 1.25. The van der Waals surface area contributed by atoms with Gasteiger partial charge >= 0.3 is 0 Å². The third-order valence-corrected chi connectivity index (χ3v) is 2.39. The van der Waals surface area contributed by atoms with Crippen molar-refractivity contribution in [3.05, 3.63) is 53.6 Å². The van der Waals surface area contributed by atoms with Gasteiger partial charge in [-0.05, 0) is 30.0 Å². The van der Waals surface area contributed by atoms with Gasteiger partial charge in [0.2, 0.25) is 0 Å². The summed E-state index contributed by atoms with van der Waals surface area (Å²) in [5.74, 6) is 0. The molecule has 2 heteroatoms. The molecule has 0 saturated carbocycles. The van der Waals surface area contributed by atoms with Gasteiger partial charge < -0.3 is 4.57 Å². The normalized spacial score (nSPS) is 11.3. The molecule has 0 radical (unpaired) electrons. The molecule has 72 valence electrons.